The number of furan rings is 1. The SMILES string of the molecule is CC(=O)NCC1CN(c2ccc(C3CCN(Cc4ccc([N+](=O)[O-])o4)CC3)c(F)c2)C(=O)O1. The highest BCUT2D eigenvalue weighted by Crippen LogP contribution is 2.33. The number of piperidine rings is 1. The van der Waals surface area contributed by atoms with Crippen molar-refractivity contribution >= 4 is 23.6 Å². The molecular weight excluding hydrogens is 435 g/mol. The molecule has 2 aliphatic rings. The van der Waals surface area contributed by atoms with Crippen molar-refractivity contribution in [1.82, 2.24) is 10.2 Å². The lowest BCUT2D eigenvalue weighted by molar-refractivity contribution is -0.402. The second-order valence-electron chi connectivity index (χ2n) is 8.31. The van der Waals surface area contributed by atoms with Crippen molar-refractivity contribution in [2.24, 2.45) is 0 Å². The van der Waals surface area contributed by atoms with E-state index in [1.165, 1.54) is 24.0 Å². The number of rotatable bonds is 7. The van der Waals surface area contributed by atoms with E-state index in [1.54, 1.807) is 18.2 Å². The summed E-state index contributed by atoms with van der Waals surface area (Å²) in [5, 5.41) is 13.4. The maximum absolute atomic E-state index is 15.0. The van der Waals surface area contributed by atoms with Crippen LogP contribution in [0.2, 0.25) is 0 Å². The summed E-state index contributed by atoms with van der Waals surface area (Å²) in [4.78, 5) is 36.9. The van der Waals surface area contributed by atoms with Crippen LogP contribution in [0.4, 0.5) is 20.8 Å². The molecule has 0 bridgehead atoms. The molecule has 1 atom stereocenters. The van der Waals surface area contributed by atoms with Gasteiger partial charge in [0.15, 0.2) is 0 Å². The number of hydrogen-bond acceptors (Lipinski definition) is 7. The second-order valence-corrected chi connectivity index (χ2v) is 8.31. The molecule has 1 aromatic heterocycles. The number of carbonyl (C=O) groups is 2. The predicted octanol–water partition coefficient (Wildman–Crippen LogP) is 3.17. The molecule has 3 heterocycles. The van der Waals surface area contributed by atoms with Crippen molar-refractivity contribution in [2.45, 2.75) is 38.3 Å². The van der Waals surface area contributed by atoms with Gasteiger partial charge in [-0.25, -0.2) is 9.18 Å². The number of anilines is 1. The molecule has 176 valence electrons. The lowest BCUT2D eigenvalue weighted by atomic mass is 9.89. The maximum atomic E-state index is 15.0. The topological polar surface area (TPSA) is 118 Å². The average Bonchev–Trinajstić information content (AvgIpc) is 3.39. The first-order valence-corrected chi connectivity index (χ1v) is 10.8. The van der Waals surface area contributed by atoms with Crippen LogP contribution in [-0.4, -0.2) is 54.1 Å². The summed E-state index contributed by atoms with van der Waals surface area (Å²) in [5.41, 5.74) is 1.03. The first-order chi connectivity index (χ1) is 15.8. The smallest absolute Gasteiger partial charge is 0.433 e. The van der Waals surface area contributed by atoms with Crippen LogP contribution in [0.3, 0.4) is 0 Å². The molecule has 2 fully saturated rings. The number of halogens is 1. The van der Waals surface area contributed by atoms with Crippen LogP contribution in [0, 0.1) is 15.9 Å². The Kier molecular flexibility index (Phi) is 6.59. The maximum Gasteiger partial charge on any atom is 0.433 e. The first kappa shape index (κ1) is 22.7. The number of carbonyl (C=O) groups excluding carboxylic acids is 2. The third-order valence-electron chi connectivity index (χ3n) is 5.98. The summed E-state index contributed by atoms with van der Waals surface area (Å²) in [6, 6.07) is 7.74. The summed E-state index contributed by atoms with van der Waals surface area (Å²) < 4.78 is 25.4. The molecule has 4 rings (SSSR count). The molecule has 1 aromatic carbocycles. The van der Waals surface area contributed by atoms with Crippen LogP contribution in [0.1, 0.15) is 37.0 Å². The third-order valence-corrected chi connectivity index (χ3v) is 5.98. The van der Waals surface area contributed by atoms with Crippen LogP contribution in [-0.2, 0) is 16.1 Å². The third kappa shape index (κ3) is 5.30. The lowest BCUT2D eigenvalue weighted by Gasteiger charge is -2.31. The normalized spacial score (nSPS) is 19.5. The summed E-state index contributed by atoms with van der Waals surface area (Å²) in [6.45, 7) is 3.73. The number of nitrogens with one attached hydrogen (secondary N) is 1. The summed E-state index contributed by atoms with van der Waals surface area (Å²) in [6.07, 6.45) is 0.431. The molecule has 2 aromatic rings. The molecule has 33 heavy (non-hydrogen) atoms. The van der Waals surface area contributed by atoms with Gasteiger partial charge in [0.05, 0.1) is 31.4 Å². The molecule has 0 radical (unpaired) electrons. The van der Waals surface area contributed by atoms with E-state index in [0.29, 0.717) is 36.6 Å². The molecular formula is C22H25FN4O6. The van der Waals surface area contributed by atoms with Gasteiger partial charge in [-0.05, 0) is 55.6 Å². The van der Waals surface area contributed by atoms with Crippen molar-refractivity contribution < 1.29 is 28.1 Å². The van der Waals surface area contributed by atoms with Gasteiger partial charge in [-0.1, -0.05) is 6.07 Å². The minimum atomic E-state index is -0.566. The van der Waals surface area contributed by atoms with Crippen LogP contribution < -0.4 is 10.2 Å². The molecule has 2 amide bonds. The van der Waals surface area contributed by atoms with Gasteiger partial charge in [0, 0.05) is 6.92 Å². The van der Waals surface area contributed by atoms with Crippen molar-refractivity contribution in [3.05, 3.63) is 57.6 Å². The zero-order valence-corrected chi connectivity index (χ0v) is 18.2. The fourth-order valence-corrected chi connectivity index (χ4v) is 4.28. The van der Waals surface area contributed by atoms with E-state index in [-0.39, 0.29) is 36.6 Å². The molecule has 10 nitrogen and oxygen atoms in total. The molecule has 0 saturated carbocycles. The van der Waals surface area contributed by atoms with Gasteiger partial charge in [-0.15, -0.1) is 0 Å². The zero-order chi connectivity index (χ0) is 23.5. The number of amides is 2. The van der Waals surface area contributed by atoms with E-state index in [2.05, 4.69) is 10.2 Å². The highest BCUT2D eigenvalue weighted by molar-refractivity contribution is 5.89. The molecule has 2 saturated heterocycles. The molecule has 2 aliphatic heterocycles. The van der Waals surface area contributed by atoms with E-state index < -0.39 is 17.1 Å². The quantitative estimate of drug-likeness (QED) is 0.498. The largest absolute Gasteiger partial charge is 0.442 e. The highest BCUT2D eigenvalue weighted by atomic mass is 19.1. The Bertz CT molecular complexity index is 1050. The van der Waals surface area contributed by atoms with Crippen molar-refractivity contribution in [2.75, 3.05) is 31.1 Å². The van der Waals surface area contributed by atoms with Crippen molar-refractivity contribution in [3.8, 4) is 0 Å². The molecule has 0 aliphatic carbocycles. The second kappa shape index (κ2) is 9.57. The number of cyclic esters (lactones) is 1. The molecule has 11 heteroatoms. The Balaban J connectivity index is 1.33. The zero-order valence-electron chi connectivity index (χ0n) is 18.2. The van der Waals surface area contributed by atoms with Gasteiger partial charge >= 0.3 is 12.0 Å². The Labute approximate surface area is 189 Å². The number of nitro groups is 1. The number of nitrogens with zero attached hydrogens (tertiary/aromatic N) is 3. The van der Waals surface area contributed by atoms with Gasteiger partial charge in [-0.3, -0.25) is 24.7 Å². The summed E-state index contributed by atoms with van der Waals surface area (Å²) >= 11 is 0. The number of likely N-dealkylation sites (tertiary alicyclic amines) is 1. The van der Waals surface area contributed by atoms with Crippen LogP contribution in [0.5, 0.6) is 0 Å². The van der Waals surface area contributed by atoms with E-state index >= 15 is 0 Å². The fraction of sp³-hybridized carbons (Fsp3) is 0.455. The fourth-order valence-electron chi connectivity index (χ4n) is 4.28. The van der Waals surface area contributed by atoms with E-state index in [9.17, 15) is 24.1 Å². The van der Waals surface area contributed by atoms with Crippen LogP contribution in [0.25, 0.3) is 0 Å². The van der Waals surface area contributed by atoms with E-state index in [1.807, 2.05) is 0 Å². The number of hydrogen-bond donors (Lipinski definition) is 1. The predicted molar refractivity (Wildman–Crippen MR) is 115 cm³/mol. The average molecular weight is 460 g/mol. The number of benzene rings is 1. The highest BCUT2D eigenvalue weighted by Gasteiger charge is 2.33. The Hall–Kier alpha value is -3.47. The summed E-state index contributed by atoms with van der Waals surface area (Å²) in [7, 11) is 0. The van der Waals surface area contributed by atoms with Gasteiger partial charge in [-0.2, -0.15) is 0 Å². The van der Waals surface area contributed by atoms with Gasteiger partial charge in [0.25, 0.3) is 0 Å². The first-order valence-electron chi connectivity index (χ1n) is 10.8. The summed E-state index contributed by atoms with van der Waals surface area (Å²) in [5.74, 6) is -0.281. The van der Waals surface area contributed by atoms with Crippen LogP contribution >= 0.6 is 0 Å². The Morgan fingerprint density at radius 3 is 2.67 bits per heavy atom. The van der Waals surface area contributed by atoms with Crippen molar-refractivity contribution in [1.29, 1.82) is 0 Å². The molecule has 0 spiro atoms. The minimum absolute atomic E-state index is 0.0410. The standard InChI is InChI=1S/C22H25FN4O6/c1-14(28)24-11-18-13-26(22(29)33-18)16-2-4-19(20(23)10-16)15-6-8-25(9-7-15)12-17-3-5-21(32-17)27(30)31/h2-5,10,15,18H,6-9,11-13H2,1H3,(H,24,28). The molecule has 1 N–H and O–H groups in total. The van der Waals surface area contributed by atoms with Crippen molar-refractivity contribution in [3.63, 3.8) is 0 Å². The minimum Gasteiger partial charge on any atom is -0.442 e. The van der Waals surface area contributed by atoms with Crippen LogP contribution in [0.15, 0.2) is 34.7 Å². The lowest BCUT2D eigenvalue weighted by Crippen LogP contribution is -2.33. The van der Waals surface area contributed by atoms with Gasteiger partial charge in [0.2, 0.25) is 5.91 Å². The van der Waals surface area contributed by atoms with Gasteiger partial charge < -0.3 is 14.5 Å². The Morgan fingerprint density at radius 2 is 2.03 bits per heavy atom. The Morgan fingerprint density at radius 1 is 1.27 bits per heavy atom. The van der Waals surface area contributed by atoms with Gasteiger partial charge in [0.1, 0.15) is 22.6 Å². The molecule has 1 unspecified atom stereocenters. The van der Waals surface area contributed by atoms with E-state index in [4.69, 9.17) is 9.15 Å². The van der Waals surface area contributed by atoms with E-state index in [0.717, 1.165) is 12.8 Å². The monoisotopic (exact) mass is 460 g/mol. The number of ether oxygens (including phenoxy) is 1.